The average molecular weight is 278 g/mol. The van der Waals surface area contributed by atoms with Crippen molar-refractivity contribution < 1.29 is 4.74 Å². The van der Waals surface area contributed by atoms with Gasteiger partial charge >= 0.3 is 6.01 Å². The molecule has 0 aromatic carbocycles. The average Bonchev–Trinajstić information content (AvgIpc) is 2.97. The summed E-state index contributed by atoms with van der Waals surface area (Å²) in [6, 6.07) is 2.38. The molecule has 2 aromatic rings. The number of nitrogens with one attached hydrogen (secondary N) is 1. The summed E-state index contributed by atoms with van der Waals surface area (Å²) in [5.41, 5.74) is 0.994. The van der Waals surface area contributed by atoms with Crippen molar-refractivity contribution in [3.63, 3.8) is 0 Å². The SMILES string of the molecule is CCCNc1nc(OCCC)nc(-c2ccsc2)n1. The smallest absolute Gasteiger partial charge is 0.321 e. The van der Waals surface area contributed by atoms with Gasteiger partial charge in [-0.1, -0.05) is 13.8 Å². The molecule has 102 valence electrons. The molecule has 0 unspecified atom stereocenters. The highest BCUT2D eigenvalue weighted by Crippen LogP contribution is 2.21. The van der Waals surface area contributed by atoms with Gasteiger partial charge in [-0.15, -0.1) is 0 Å². The van der Waals surface area contributed by atoms with Gasteiger partial charge in [0.15, 0.2) is 5.82 Å². The lowest BCUT2D eigenvalue weighted by Crippen LogP contribution is -2.09. The number of rotatable bonds is 7. The highest BCUT2D eigenvalue weighted by molar-refractivity contribution is 7.08. The van der Waals surface area contributed by atoms with Gasteiger partial charge < -0.3 is 10.1 Å². The fraction of sp³-hybridized carbons (Fsp3) is 0.462. The van der Waals surface area contributed by atoms with E-state index >= 15 is 0 Å². The molecular weight excluding hydrogens is 260 g/mol. The third-order valence-electron chi connectivity index (χ3n) is 2.36. The summed E-state index contributed by atoms with van der Waals surface area (Å²) in [4.78, 5) is 13.0. The lowest BCUT2D eigenvalue weighted by atomic mass is 10.3. The molecule has 2 aromatic heterocycles. The minimum Gasteiger partial charge on any atom is -0.463 e. The van der Waals surface area contributed by atoms with Gasteiger partial charge in [-0.25, -0.2) is 0 Å². The van der Waals surface area contributed by atoms with Gasteiger partial charge in [0.1, 0.15) is 0 Å². The summed E-state index contributed by atoms with van der Waals surface area (Å²) in [5.74, 6) is 1.23. The molecule has 2 rings (SSSR count). The number of hydrogen-bond donors (Lipinski definition) is 1. The predicted octanol–water partition coefficient (Wildman–Crippen LogP) is 3.21. The first-order valence-electron chi connectivity index (χ1n) is 6.48. The first kappa shape index (κ1) is 13.7. The summed E-state index contributed by atoms with van der Waals surface area (Å²) in [6.45, 7) is 5.60. The summed E-state index contributed by atoms with van der Waals surface area (Å²) in [5, 5.41) is 7.20. The zero-order chi connectivity index (χ0) is 13.5. The quantitative estimate of drug-likeness (QED) is 0.842. The van der Waals surface area contributed by atoms with Crippen molar-refractivity contribution in [2.45, 2.75) is 26.7 Å². The van der Waals surface area contributed by atoms with Crippen LogP contribution in [0, 0.1) is 0 Å². The van der Waals surface area contributed by atoms with Crippen molar-refractivity contribution in [1.29, 1.82) is 0 Å². The van der Waals surface area contributed by atoms with Crippen LogP contribution in [0.2, 0.25) is 0 Å². The molecule has 0 fully saturated rings. The van der Waals surface area contributed by atoms with E-state index in [2.05, 4.69) is 34.1 Å². The van der Waals surface area contributed by atoms with Gasteiger partial charge in [0.25, 0.3) is 0 Å². The first-order valence-corrected chi connectivity index (χ1v) is 7.43. The molecule has 0 bridgehead atoms. The maximum Gasteiger partial charge on any atom is 0.321 e. The van der Waals surface area contributed by atoms with Gasteiger partial charge in [-0.05, 0) is 24.3 Å². The van der Waals surface area contributed by atoms with E-state index in [-0.39, 0.29) is 0 Å². The van der Waals surface area contributed by atoms with Gasteiger partial charge in [0.2, 0.25) is 5.95 Å². The Morgan fingerprint density at radius 1 is 1.21 bits per heavy atom. The molecule has 0 aliphatic heterocycles. The van der Waals surface area contributed by atoms with Gasteiger partial charge in [-0.3, -0.25) is 0 Å². The van der Waals surface area contributed by atoms with Crippen LogP contribution in [0.3, 0.4) is 0 Å². The lowest BCUT2D eigenvalue weighted by Gasteiger charge is -2.08. The Morgan fingerprint density at radius 2 is 2.11 bits per heavy atom. The van der Waals surface area contributed by atoms with Crippen LogP contribution in [-0.2, 0) is 0 Å². The molecule has 1 N–H and O–H groups in total. The maximum absolute atomic E-state index is 5.52. The second kappa shape index (κ2) is 7.04. The van der Waals surface area contributed by atoms with Crippen molar-refractivity contribution in [2.75, 3.05) is 18.5 Å². The fourth-order valence-electron chi connectivity index (χ4n) is 1.45. The Morgan fingerprint density at radius 3 is 2.79 bits per heavy atom. The molecule has 0 radical (unpaired) electrons. The van der Waals surface area contributed by atoms with Crippen LogP contribution >= 0.6 is 11.3 Å². The molecule has 19 heavy (non-hydrogen) atoms. The number of thiophene rings is 1. The Balaban J connectivity index is 2.25. The highest BCUT2D eigenvalue weighted by Gasteiger charge is 2.09. The van der Waals surface area contributed by atoms with E-state index in [1.54, 1.807) is 11.3 Å². The molecule has 6 heteroatoms. The molecule has 0 saturated carbocycles. The third-order valence-corrected chi connectivity index (χ3v) is 3.05. The van der Waals surface area contributed by atoms with Crippen LogP contribution in [0.25, 0.3) is 11.4 Å². The molecular formula is C13H18N4OS. The maximum atomic E-state index is 5.52. The van der Waals surface area contributed by atoms with E-state index in [1.165, 1.54) is 0 Å². The molecule has 0 atom stereocenters. The summed E-state index contributed by atoms with van der Waals surface area (Å²) < 4.78 is 5.52. The molecule has 0 aliphatic carbocycles. The van der Waals surface area contributed by atoms with Crippen LogP contribution in [0.5, 0.6) is 6.01 Å². The molecule has 2 heterocycles. The molecule has 0 aliphatic rings. The lowest BCUT2D eigenvalue weighted by molar-refractivity contribution is 0.292. The van der Waals surface area contributed by atoms with Crippen molar-refractivity contribution in [1.82, 2.24) is 15.0 Å². The molecule has 0 amide bonds. The Bertz CT molecular complexity index is 475. The summed E-state index contributed by atoms with van der Waals surface area (Å²) in [7, 11) is 0. The number of nitrogens with zero attached hydrogens (tertiary/aromatic N) is 3. The van der Waals surface area contributed by atoms with E-state index in [0.717, 1.165) is 24.9 Å². The van der Waals surface area contributed by atoms with Crippen molar-refractivity contribution >= 4 is 17.3 Å². The number of aromatic nitrogens is 3. The standard InChI is InChI=1S/C13H18N4OS/c1-3-6-14-12-15-11(10-5-8-19-9-10)16-13(17-12)18-7-4-2/h5,8-9H,3-4,6-7H2,1-2H3,(H,14,15,16,17). The Kier molecular flexibility index (Phi) is 5.09. The second-order valence-corrected chi connectivity index (χ2v) is 4.83. The minimum atomic E-state index is 0.386. The van der Waals surface area contributed by atoms with Crippen molar-refractivity contribution in [3.8, 4) is 17.4 Å². The predicted molar refractivity (Wildman–Crippen MR) is 77.7 cm³/mol. The topological polar surface area (TPSA) is 59.9 Å². The van der Waals surface area contributed by atoms with Gasteiger partial charge in [0, 0.05) is 17.5 Å². The van der Waals surface area contributed by atoms with E-state index < -0.39 is 0 Å². The van der Waals surface area contributed by atoms with Crippen LogP contribution in [0.4, 0.5) is 5.95 Å². The minimum absolute atomic E-state index is 0.386. The van der Waals surface area contributed by atoms with Gasteiger partial charge in [0.05, 0.1) is 6.61 Å². The van der Waals surface area contributed by atoms with Crippen LogP contribution in [0.15, 0.2) is 16.8 Å². The van der Waals surface area contributed by atoms with E-state index in [4.69, 9.17) is 4.74 Å². The summed E-state index contributed by atoms with van der Waals surface area (Å²) >= 11 is 1.62. The Hall–Kier alpha value is -1.69. The van der Waals surface area contributed by atoms with E-state index in [1.807, 2.05) is 16.8 Å². The van der Waals surface area contributed by atoms with Crippen molar-refractivity contribution in [3.05, 3.63) is 16.8 Å². The van der Waals surface area contributed by atoms with E-state index in [9.17, 15) is 0 Å². The molecule has 0 saturated heterocycles. The molecule has 5 nitrogen and oxygen atoms in total. The highest BCUT2D eigenvalue weighted by atomic mass is 32.1. The fourth-order valence-corrected chi connectivity index (χ4v) is 2.09. The normalized spacial score (nSPS) is 10.4. The monoisotopic (exact) mass is 278 g/mol. The molecule has 0 spiro atoms. The first-order chi connectivity index (χ1) is 9.33. The van der Waals surface area contributed by atoms with Crippen LogP contribution < -0.4 is 10.1 Å². The van der Waals surface area contributed by atoms with Crippen molar-refractivity contribution in [2.24, 2.45) is 0 Å². The number of hydrogen-bond acceptors (Lipinski definition) is 6. The third kappa shape index (κ3) is 3.89. The second-order valence-electron chi connectivity index (χ2n) is 4.05. The zero-order valence-corrected chi connectivity index (χ0v) is 12.0. The number of anilines is 1. The van der Waals surface area contributed by atoms with Crippen LogP contribution in [0.1, 0.15) is 26.7 Å². The number of ether oxygens (including phenoxy) is 1. The zero-order valence-electron chi connectivity index (χ0n) is 11.2. The largest absolute Gasteiger partial charge is 0.463 e. The Labute approximate surface area is 117 Å². The van der Waals surface area contributed by atoms with Gasteiger partial charge in [-0.2, -0.15) is 26.3 Å². The van der Waals surface area contributed by atoms with E-state index in [0.29, 0.717) is 24.4 Å². The van der Waals surface area contributed by atoms with Crippen LogP contribution in [-0.4, -0.2) is 28.1 Å². The summed E-state index contributed by atoms with van der Waals surface area (Å²) in [6.07, 6.45) is 1.95.